The summed E-state index contributed by atoms with van der Waals surface area (Å²) in [5.74, 6) is 2.00. The van der Waals surface area contributed by atoms with Crippen LogP contribution in [-0.2, 0) is 4.79 Å². The Morgan fingerprint density at radius 1 is 1.58 bits per heavy atom. The highest BCUT2D eigenvalue weighted by molar-refractivity contribution is 5.91. The molecule has 4 heteroatoms. The van der Waals surface area contributed by atoms with Crippen LogP contribution in [0.25, 0.3) is 6.08 Å². The van der Waals surface area contributed by atoms with E-state index < -0.39 is 0 Å². The van der Waals surface area contributed by atoms with Crippen LogP contribution < -0.4 is 0 Å². The van der Waals surface area contributed by atoms with Gasteiger partial charge in [0.05, 0.1) is 0 Å². The molecule has 0 saturated carbocycles. The van der Waals surface area contributed by atoms with Crippen LogP contribution in [0.2, 0.25) is 0 Å². The lowest BCUT2D eigenvalue weighted by Crippen LogP contribution is -2.39. The van der Waals surface area contributed by atoms with E-state index in [1.54, 1.807) is 12.2 Å². The maximum atomic E-state index is 12.1. The van der Waals surface area contributed by atoms with Crippen molar-refractivity contribution in [3.05, 3.63) is 29.7 Å². The molecule has 1 atom stereocenters. The summed E-state index contributed by atoms with van der Waals surface area (Å²) in [4.78, 5) is 13.9. The van der Waals surface area contributed by atoms with Gasteiger partial charge in [0, 0.05) is 25.8 Å². The summed E-state index contributed by atoms with van der Waals surface area (Å²) in [5, 5.41) is 8.97. The first-order valence-electron chi connectivity index (χ1n) is 6.83. The number of aryl methyl sites for hydroxylation is 1. The zero-order chi connectivity index (χ0) is 13.7. The monoisotopic (exact) mass is 263 g/mol. The van der Waals surface area contributed by atoms with Gasteiger partial charge in [-0.1, -0.05) is 0 Å². The summed E-state index contributed by atoms with van der Waals surface area (Å²) < 4.78 is 5.39. The zero-order valence-electron chi connectivity index (χ0n) is 11.3. The molecule has 1 aliphatic heterocycles. The van der Waals surface area contributed by atoms with Crippen LogP contribution in [0.1, 0.15) is 30.8 Å². The lowest BCUT2D eigenvalue weighted by atomic mass is 9.95. The number of rotatable bonds is 4. The lowest BCUT2D eigenvalue weighted by molar-refractivity contribution is -0.127. The summed E-state index contributed by atoms with van der Waals surface area (Å²) >= 11 is 0. The van der Waals surface area contributed by atoms with Crippen molar-refractivity contribution in [2.75, 3.05) is 19.7 Å². The Kier molecular flexibility index (Phi) is 4.80. The highest BCUT2D eigenvalue weighted by Gasteiger charge is 2.21. The minimum absolute atomic E-state index is 0.0247. The van der Waals surface area contributed by atoms with E-state index in [1.807, 2.05) is 24.0 Å². The third-order valence-electron chi connectivity index (χ3n) is 3.52. The second kappa shape index (κ2) is 6.57. The van der Waals surface area contributed by atoms with Gasteiger partial charge >= 0.3 is 0 Å². The van der Waals surface area contributed by atoms with Crippen molar-refractivity contribution in [2.45, 2.75) is 26.2 Å². The highest BCUT2D eigenvalue weighted by Crippen LogP contribution is 2.19. The van der Waals surface area contributed by atoms with E-state index >= 15 is 0 Å². The highest BCUT2D eigenvalue weighted by atomic mass is 16.3. The predicted molar refractivity (Wildman–Crippen MR) is 73.5 cm³/mol. The van der Waals surface area contributed by atoms with Crippen LogP contribution in [0.3, 0.4) is 0 Å². The number of aliphatic hydroxyl groups is 1. The molecule has 0 aromatic carbocycles. The number of nitrogens with zero attached hydrogens (tertiary/aromatic N) is 1. The molecule has 1 fully saturated rings. The Morgan fingerprint density at radius 3 is 3.11 bits per heavy atom. The van der Waals surface area contributed by atoms with E-state index in [-0.39, 0.29) is 12.5 Å². The molecule has 0 spiro atoms. The summed E-state index contributed by atoms with van der Waals surface area (Å²) in [6.45, 7) is 3.64. The number of hydrogen-bond donors (Lipinski definition) is 1. The first kappa shape index (κ1) is 13.9. The summed E-state index contributed by atoms with van der Waals surface area (Å²) in [5.41, 5.74) is 0. The van der Waals surface area contributed by atoms with E-state index in [0.29, 0.717) is 11.7 Å². The van der Waals surface area contributed by atoms with Gasteiger partial charge in [0.1, 0.15) is 11.5 Å². The first-order valence-corrected chi connectivity index (χ1v) is 6.83. The Morgan fingerprint density at radius 2 is 2.42 bits per heavy atom. The normalized spacial score (nSPS) is 20.1. The molecule has 1 unspecified atom stereocenters. The minimum Gasteiger partial charge on any atom is -0.462 e. The largest absolute Gasteiger partial charge is 0.462 e. The van der Waals surface area contributed by atoms with E-state index in [1.165, 1.54) is 0 Å². The molecule has 1 amide bonds. The minimum atomic E-state index is 0.0247. The van der Waals surface area contributed by atoms with Crippen LogP contribution in [0, 0.1) is 12.8 Å². The molecule has 19 heavy (non-hydrogen) atoms. The summed E-state index contributed by atoms with van der Waals surface area (Å²) in [6, 6.07) is 3.73. The van der Waals surface area contributed by atoms with Crippen molar-refractivity contribution in [1.82, 2.24) is 4.90 Å². The van der Waals surface area contributed by atoms with Gasteiger partial charge in [-0.3, -0.25) is 4.79 Å². The van der Waals surface area contributed by atoms with E-state index in [9.17, 15) is 4.79 Å². The molecular weight excluding hydrogens is 242 g/mol. The van der Waals surface area contributed by atoms with Gasteiger partial charge < -0.3 is 14.4 Å². The molecule has 0 aliphatic carbocycles. The van der Waals surface area contributed by atoms with Crippen molar-refractivity contribution in [1.29, 1.82) is 0 Å². The van der Waals surface area contributed by atoms with Crippen LogP contribution in [0.15, 0.2) is 22.6 Å². The van der Waals surface area contributed by atoms with Gasteiger partial charge in [-0.05, 0) is 50.3 Å². The SMILES string of the molecule is Cc1ccc(C=CC(=O)N2CCCC(CCO)C2)o1. The fraction of sp³-hybridized carbons (Fsp3) is 0.533. The van der Waals surface area contributed by atoms with Crippen molar-refractivity contribution < 1.29 is 14.3 Å². The molecule has 0 radical (unpaired) electrons. The van der Waals surface area contributed by atoms with Crippen molar-refractivity contribution in [3.8, 4) is 0 Å². The van der Waals surface area contributed by atoms with E-state index in [0.717, 1.165) is 38.1 Å². The first-order chi connectivity index (χ1) is 9.19. The summed E-state index contributed by atoms with van der Waals surface area (Å²) in [7, 11) is 0. The number of amides is 1. The van der Waals surface area contributed by atoms with Gasteiger partial charge in [0.15, 0.2) is 0 Å². The molecular formula is C15H21NO3. The third kappa shape index (κ3) is 3.96. The number of likely N-dealkylation sites (tertiary alicyclic amines) is 1. The van der Waals surface area contributed by atoms with E-state index in [4.69, 9.17) is 9.52 Å². The molecule has 1 aromatic rings. The Bertz CT molecular complexity index is 448. The second-order valence-electron chi connectivity index (χ2n) is 5.09. The molecule has 1 aromatic heterocycles. The Balaban J connectivity index is 1.90. The molecule has 1 aliphatic rings. The fourth-order valence-electron chi connectivity index (χ4n) is 2.49. The van der Waals surface area contributed by atoms with E-state index in [2.05, 4.69) is 0 Å². The molecule has 0 bridgehead atoms. The van der Waals surface area contributed by atoms with Gasteiger partial charge in [0.2, 0.25) is 5.91 Å². The average molecular weight is 263 g/mol. The van der Waals surface area contributed by atoms with Gasteiger partial charge in [-0.15, -0.1) is 0 Å². The Labute approximate surface area is 113 Å². The average Bonchev–Trinajstić information content (AvgIpc) is 2.82. The predicted octanol–water partition coefficient (Wildman–Crippen LogP) is 2.22. The molecule has 104 valence electrons. The lowest BCUT2D eigenvalue weighted by Gasteiger charge is -2.31. The standard InChI is InChI=1S/C15H21NO3/c1-12-4-5-14(19-12)6-7-15(18)16-9-2-3-13(11-16)8-10-17/h4-7,13,17H,2-3,8-11H2,1H3. The van der Waals surface area contributed by atoms with Crippen LogP contribution >= 0.6 is 0 Å². The molecule has 1 saturated heterocycles. The smallest absolute Gasteiger partial charge is 0.246 e. The molecule has 1 N–H and O–H groups in total. The topological polar surface area (TPSA) is 53.7 Å². The number of carbonyl (C=O) groups is 1. The van der Waals surface area contributed by atoms with Crippen LogP contribution in [-0.4, -0.2) is 35.6 Å². The van der Waals surface area contributed by atoms with Crippen molar-refractivity contribution in [3.63, 3.8) is 0 Å². The van der Waals surface area contributed by atoms with Gasteiger partial charge in [-0.25, -0.2) is 0 Å². The molecule has 4 nitrogen and oxygen atoms in total. The maximum Gasteiger partial charge on any atom is 0.246 e. The van der Waals surface area contributed by atoms with Crippen molar-refractivity contribution in [2.24, 2.45) is 5.92 Å². The number of hydrogen-bond acceptors (Lipinski definition) is 3. The molecule has 2 rings (SSSR count). The number of furan rings is 1. The quantitative estimate of drug-likeness (QED) is 0.847. The molecule has 2 heterocycles. The Hall–Kier alpha value is -1.55. The summed E-state index contributed by atoms with van der Waals surface area (Å²) in [6.07, 6.45) is 6.19. The van der Waals surface area contributed by atoms with Gasteiger partial charge in [0.25, 0.3) is 0 Å². The third-order valence-corrected chi connectivity index (χ3v) is 3.52. The van der Waals surface area contributed by atoms with Crippen LogP contribution in [0.5, 0.6) is 0 Å². The number of carbonyl (C=O) groups excluding carboxylic acids is 1. The van der Waals surface area contributed by atoms with Crippen molar-refractivity contribution >= 4 is 12.0 Å². The number of aliphatic hydroxyl groups excluding tert-OH is 1. The number of piperidine rings is 1. The zero-order valence-corrected chi connectivity index (χ0v) is 11.3. The van der Waals surface area contributed by atoms with Crippen LogP contribution in [0.4, 0.5) is 0 Å². The fourth-order valence-corrected chi connectivity index (χ4v) is 2.49. The second-order valence-corrected chi connectivity index (χ2v) is 5.09. The maximum absolute atomic E-state index is 12.1. The van der Waals surface area contributed by atoms with Gasteiger partial charge in [-0.2, -0.15) is 0 Å².